The molecule has 0 saturated carbocycles. The van der Waals surface area contributed by atoms with Gasteiger partial charge in [0, 0.05) is 5.56 Å². The van der Waals surface area contributed by atoms with Crippen LogP contribution in [0.25, 0.3) is 11.3 Å². The highest BCUT2D eigenvalue weighted by Gasteiger charge is 2.47. The van der Waals surface area contributed by atoms with Crippen LogP contribution in [0.3, 0.4) is 0 Å². The van der Waals surface area contributed by atoms with Gasteiger partial charge in [0.25, 0.3) is 0 Å². The van der Waals surface area contributed by atoms with Gasteiger partial charge in [-0.25, -0.2) is 8.42 Å². The van der Waals surface area contributed by atoms with Gasteiger partial charge in [-0.1, -0.05) is 68.4 Å². The highest BCUT2D eigenvalue weighted by Crippen LogP contribution is 2.44. The summed E-state index contributed by atoms with van der Waals surface area (Å²) in [4.78, 5) is 13.2. The van der Waals surface area contributed by atoms with Gasteiger partial charge in [0.05, 0.1) is 11.3 Å². The normalized spacial score (nSPS) is 16.2. The first kappa shape index (κ1) is 18.4. The molecule has 0 radical (unpaired) electrons. The first-order valence-corrected chi connectivity index (χ1v) is 10.1. The highest BCUT2D eigenvalue weighted by molar-refractivity contribution is 7.71. The third-order valence-electron chi connectivity index (χ3n) is 4.90. The minimum Gasteiger partial charge on any atom is -0.478 e. The molecule has 1 aliphatic heterocycles. The Kier molecular flexibility index (Phi) is 5.28. The molecule has 0 saturated heterocycles. The molecule has 2 aromatic carbocycles. The molecule has 0 atom stereocenters. The van der Waals surface area contributed by atoms with E-state index >= 15 is 0 Å². The van der Waals surface area contributed by atoms with Crippen molar-refractivity contribution in [3.63, 3.8) is 0 Å². The topological polar surface area (TPSA) is 60.4 Å². The van der Waals surface area contributed by atoms with Gasteiger partial charge in [-0.15, -0.1) is 0 Å². The zero-order valence-electron chi connectivity index (χ0n) is 14.9. The summed E-state index contributed by atoms with van der Waals surface area (Å²) in [6, 6.07) is 16.7. The molecule has 1 heterocycles. The fraction of sp³-hybridized carbons (Fsp3) is 0.286. The zero-order valence-corrected chi connectivity index (χ0v) is 15.8. The van der Waals surface area contributed by atoms with Crippen LogP contribution in [-0.2, 0) is 26.0 Å². The van der Waals surface area contributed by atoms with Gasteiger partial charge in [-0.05, 0) is 24.0 Å². The van der Waals surface area contributed by atoms with Gasteiger partial charge in [0.15, 0.2) is 5.60 Å². The summed E-state index contributed by atoms with van der Waals surface area (Å²) in [6.07, 6.45) is 1.19. The van der Waals surface area contributed by atoms with E-state index in [-0.39, 0.29) is 11.5 Å². The van der Waals surface area contributed by atoms with Crippen LogP contribution in [0, 0.1) is 0 Å². The van der Waals surface area contributed by atoms with Crippen molar-refractivity contribution in [3.8, 4) is 0 Å². The third-order valence-corrected chi connectivity index (χ3v) is 5.52. The Morgan fingerprint density at radius 3 is 2.04 bits per heavy atom. The van der Waals surface area contributed by atoms with Gasteiger partial charge in [-0.3, -0.25) is 4.79 Å². The Hall–Kier alpha value is -2.40. The molecule has 0 spiro atoms. The van der Waals surface area contributed by atoms with Crippen molar-refractivity contribution in [3.05, 3.63) is 71.3 Å². The van der Waals surface area contributed by atoms with Crippen LogP contribution in [0.1, 0.15) is 43.4 Å². The van der Waals surface area contributed by atoms with E-state index in [1.54, 1.807) is 12.1 Å². The van der Waals surface area contributed by atoms with E-state index < -0.39 is 16.3 Å². The van der Waals surface area contributed by atoms with Gasteiger partial charge >= 0.3 is 0 Å². The number of carbonyl (C=O) groups excluding carboxylic acids is 1. The van der Waals surface area contributed by atoms with Crippen molar-refractivity contribution in [1.82, 2.24) is 0 Å². The van der Waals surface area contributed by atoms with E-state index in [1.807, 2.05) is 56.3 Å². The summed E-state index contributed by atoms with van der Waals surface area (Å²) < 4.78 is 28.1. The van der Waals surface area contributed by atoms with Crippen LogP contribution >= 0.6 is 0 Å². The number of rotatable bonds is 6. The van der Waals surface area contributed by atoms with Crippen molar-refractivity contribution in [2.75, 3.05) is 0 Å². The van der Waals surface area contributed by atoms with Gasteiger partial charge in [0.2, 0.25) is 5.78 Å². The number of hydrogen-bond donors (Lipinski definition) is 1. The lowest BCUT2D eigenvalue weighted by Crippen LogP contribution is -2.35. The van der Waals surface area contributed by atoms with Crippen molar-refractivity contribution in [2.45, 2.75) is 38.0 Å². The van der Waals surface area contributed by atoms with Crippen molar-refractivity contribution in [2.24, 2.45) is 0 Å². The molecule has 0 aromatic heterocycles. The second-order valence-corrected chi connectivity index (χ2v) is 7.37. The Morgan fingerprint density at radius 2 is 1.50 bits per heavy atom. The second-order valence-electron chi connectivity index (χ2n) is 6.39. The second kappa shape index (κ2) is 7.46. The average Bonchev–Trinajstić information content (AvgIpc) is 2.95. The predicted molar refractivity (Wildman–Crippen MR) is 103 cm³/mol. The number of ketones is 1. The van der Waals surface area contributed by atoms with E-state index in [0.717, 1.165) is 11.1 Å². The quantitative estimate of drug-likeness (QED) is 0.785. The van der Waals surface area contributed by atoms with E-state index in [1.165, 1.54) is 0 Å². The molecule has 4 nitrogen and oxygen atoms in total. The maximum atomic E-state index is 13.2. The first-order valence-electron chi connectivity index (χ1n) is 8.75. The smallest absolute Gasteiger partial charge is 0.210 e. The Labute approximate surface area is 155 Å². The molecule has 0 unspecified atom stereocenters. The zero-order chi connectivity index (χ0) is 18.7. The van der Waals surface area contributed by atoms with E-state index in [0.29, 0.717) is 29.7 Å². The minimum absolute atomic E-state index is 0.00779. The molecule has 1 aliphatic rings. The monoisotopic (exact) mass is 370 g/mol. The predicted octanol–water partition coefficient (Wildman–Crippen LogP) is 3.82. The van der Waals surface area contributed by atoms with Crippen molar-refractivity contribution < 1.29 is 17.9 Å². The molecular weight excluding hydrogens is 348 g/mol. The molecule has 0 amide bonds. The number of ether oxygens (including phenoxy) is 1. The standard InChI is InChI=1S/C21H22O4S/c1-3-21(4-2)20(22)18(16-8-6-5-7-9-16)19(25-21)17-12-10-15(11-13-17)14-26(23)24/h5-13,26H,3-4,14H2,1-2H3. The molecule has 5 heteroatoms. The summed E-state index contributed by atoms with van der Waals surface area (Å²) in [5.74, 6) is 0.590. The minimum atomic E-state index is -2.47. The molecule has 2 aromatic rings. The van der Waals surface area contributed by atoms with Crippen LogP contribution < -0.4 is 0 Å². The van der Waals surface area contributed by atoms with Crippen LogP contribution in [0.5, 0.6) is 0 Å². The Balaban J connectivity index is 2.10. The lowest BCUT2D eigenvalue weighted by Gasteiger charge is -2.25. The number of thiol groups is 1. The molecule has 26 heavy (non-hydrogen) atoms. The first-order chi connectivity index (χ1) is 12.5. The number of benzene rings is 2. The van der Waals surface area contributed by atoms with Gasteiger partial charge in [-0.2, -0.15) is 0 Å². The Morgan fingerprint density at radius 1 is 0.885 bits per heavy atom. The third kappa shape index (κ3) is 3.31. The maximum absolute atomic E-state index is 13.2. The summed E-state index contributed by atoms with van der Waals surface area (Å²) in [5.41, 5.74) is 2.09. The van der Waals surface area contributed by atoms with Gasteiger partial charge in [0.1, 0.15) is 16.5 Å². The van der Waals surface area contributed by atoms with Gasteiger partial charge < -0.3 is 4.74 Å². The number of hydrogen-bond acceptors (Lipinski definition) is 4. The lowest BCUT2D eigenvalue weighted by molar-refractivity contribution is -0.128. The van der Waals surface area contributed by atoms with E-state index in [9.17, 15) is 13.2 Å². The average molecular weight is 370 g/mol. The molecule has 0 fully saturated rings. The molecule has 136 valence electrons. The summed E-state index contributed by atoms with van der Waals surface area (Å²) in [6.45, 7) is 3.92. The van der Waals surface area contributed by atoms with Crippen LogP contribution in [0.2, 0.25) is 0 Å². The molecular formula is C21H22O4S. The highest BCUT2D eigenvalue weighted by atomic mass is 32.2. The summed E-state index contributed by atoms with van der Waals surface area (Å²) in [5, 5.41) is 0. The van der Waals surface area contributed by atoms with Crippen molar-refractivity contribution >= 4 is 27.8 Å². The fourth-order valence-electron chi connectivity index (χ4n) is 3.32. The van der Waals surface area contributed by atoms with E-state index in [2.05, 4.69) is 0 Å². The SMILES string of the molecule is CCC1(CC)OC(c2ccc(C[SH](=O)=O)cc2)=C(c2ccccc2)C1=O. The van der Waals surface area contributed by atoms with Crippen molar-refractivity contribution in [1.29, 1.82) is 0 Å². The number of Topliss-reactive ketones (excluding diaryl/α,β-unsaturated/α-hetero) is 1. The summed E-state index contributed by atoms with van der Waals surface area (Å²) in [7, 11) is -2.47. The Bertz CT molecular complexity index is 897. The number of carbonyl (C=O) groups is 1. The van der Waals surface area contributed by atoms with Crippen LogP contribution in [-0.4, -0.2) is 19.8 Å². The van der Waals surface area contributed by atoms with Crippen LogP contribution in [0.4, 0.5) is 0 Å². The molecule has 0 N–H and O–H groups in total. The lowest BCUT2D eigenvalue weighted by atomic mass is 9.86. The van der Waals surface area contributed by atoms with E-state index in [4.69, 9.17) is 4.74 Å². The fourth-order valence-corrected chi connectivity index (χ4v) is 3.83. The summed E-state index contributed by atoms with van der Waals surface area (Å²) >= 11 is 0. The van der Waals surface area contributed by atoms with Crippen LogP contribution in [0.15, 0.2) is 54.6 Å². The largest absolute Gasteiger partial charge is 0.478 e. The molecule has 0 bridgehead atoms. The molecule has 0 aliphatic carbocycles. The molecule has 3 rings (SSSR count). The maximum Gasteiger partial charge on any atom is 0.210 e.